The van der Waals surface area contributed by atoms with E-state index in [-0.39, 0.29) is 5.60 Å². The first-order chi connectivity index (χ1) is 12.6. The maximum absolute atomic E-state index is 5.97. The molecule has 0 amide bonds. The summed E-state index contributed by atoms with van der Waals surface area (Å²) in [6.45, 7) is 16.3. The minimum Gasteiger partial charge on any atom is -0.376 e. The van der Waals surface area contributed by atoms with Gasteiger partial charge in [0.1, 0.15) is 0 Å². The second kappa shape index (κ2) is 11.1. The number of nitrogens with two attached hydrogens (primary N) is 1. The van der Waals surface area contributed by atoms with Crippen molar-refractivity contribution in [2.45, 2.75) is 64.9 Å². The van der Waals surface area contributed by atoms with Crippen molar-refractivity contribution < 1.29 is 15.0 Å². The average Bonchev–Trinajstić information content (AvgIpc) is 2.64. The third-order valence-electron chi connectivity index (χ3n) is 6.15. The molecular weight excluding hydrogens is 320 g/mol. The summed E-state index contributed by atoms with van der Waals surface area (Å²) in [4.78, 5) is 1.73. The molecule has 0 aromatic heterocycles. The molecule has 1 aliphatic heterocycles. The smallest absolute Gasteiger partial charge is 0.0825 e. The summed E-state index contributed by atoms with van der Waals surface area (Å²) in [6, 6.07) is 11.2. The standard InChI is InChI=1S/C23H40N2O/c1-5-25(6-2)17-10-15-24-16-13-22(20-11-8-7-9-12-20)21-14-18-26-23(3,4)19-21/h7-9,11-12,21-22,24H,5-6,10,13-19H2,1-4H3/p+2/t21-,22-/m0/s1. The molecule has 3 N–H and O–H groups in total. The number of quaternary nitrogens is 2. The van der Waals surface area contributed by atoms with Gasteiger partial charge in [0.25, 0.3) is 0 Å². The van der Waals surface area contributed by atoms with Gasteiger partial charge in [-0.05, 0) is 57.9 Å². The zero-order chi connectivity index (χ0) is 18.8. The van der Waals surface area contributed by atoms with Crippen LogP contribution in [0.15, 0.2) is 30.3 Å². The molecule has 0 radical (unpaired) electrons. The molecule has 0 bridgehead atoms. The van der Waals surface area contributed by atoms with Crippen LogP contribution in [-0.4, -0.2) is 44.9 Å². The first-order valence-corrected chi connectivity index (χ1v) is 10.9. The fourth-order valence-corrected chi connectivity index (χ4v) is 4.54. The first-order valence-electron chi connectivity index (χ1n) is 10.9. The Balaban J connectivity index is 1.83. The number of nitrogens with one attached hydrogen (secondary N) is 1. The molecule has 1 heterocycles. The second-order valence-corrected chi connectivity index (χ2v) is 8.59. The van der Waals surface area contributed by atoms with Gasteiger partial charge in [-0.15, -0.1) is 0 Å². The number of hydrogen-bond acceptors (Lipinski definition) is 1. The van der Waals surface area contributed by atoms with Crippen LogP contribution in [-0.2, 0) is 4.74 Å². The predicted octanol–water partition coefficient (Wildman–Crippen LogP) is 2.24. The van der Waals surface area contributed by atoms with Crippen LogP contribution in [0.25, 0.3) is 0 Å². The van der Waals surface area contributed by atoms with E-state index < -0.39 is 0 Å². The molecule has 1 fully saturated rings. The third kappa shape index (κ3) is 7.02. The molecule has 3 nitrogen and oxygen atoms in total. The van der Waals surface area contributed by atoms with Gasteiger partial charge in [0.2, 0.25) is 0 Å². The molecule has 2 atom stereocenters. The van der Waals surface area contributed by atoms with Crippen LogP contribution >= 0.6 is 0 Å². The largest absolute Gasteiger partial charge is 0.376 e. The lowest BCUT2D eigenvalue weighted by molar-refractivity contribution is -0.898. The molecule has 0 spiro atoms. The minimum atomic E-state index is 0.0339. The Bertz CT molecular complexity index is 484. The fraction of sp³-hybridized carbons (Fsp3) is 0.739. The SMILES string of the molecule is CC[NH+](CC)CCC[NH2+]CC[C@@H](c1ccccc1)[C@H]1CCOC(C)(C)C1. The van der Waals surface area contributed by atoms with Crippen molar-refractivity contribution in [1.29, 1.82) is 0 Å². The number of ether oxygens (including phenoxy) is 1. The Kier molecular flexibility index (Phi) is 9.10. The van der Waals surface area contributed by atoms with Crippen molar-refractivity contribution in [2.24, 2.45) is 5.92 Å². The van der Waals surface area contributed by atoms with E-state index >= 15 is 0 Å². The number of benzene rings is 1. The first kappa shape index (κ1) is 21.4. The van der Waals surface area contributed by atoms with Gasteiger partial charge in [-0.1, -0.05) is 30.3 Å². The van der Waals surface area contributed by atoms with Crippen LogP contribution in [0.1, 0.15) is 64.9 Å². The van der Waals surface area contributed by atoms with Crippen LogP contribution in [0.4, 0.5) is 0 Å². The van der Waals surface area contributed by atoms with Crippen molar-refractivity contribution in [1.82, 2.24) is 0 Å². The molecule has 148 valence electrons. The Morgan fingerprint density at radius 2 is 1.88 bits per heavy atom. The molecule has 2 rings (SSSR count). The number of rotatable bonds is 11. The summed E-state index contributed by atoms with van der Waals surface area (Å²) < 4.78 is 5.97. The van der Waals surface area contributed by atoms with Crippen molar-refractivity contribution >= 4 is 0 Å². The van der Waals surface area contributed by atoms with Gasteiger partial charge in [0.05, 0.1) is 38.3 Å². The normalized spacial score (nSPS) is 21.0. The average molecular weight is 363 g/mol. The van der Waals surface area contributed by atoms with Crippen molar-refractivity contribution in [3.8, 4) is 0 Å². The van der Waals surface area contributed by atoms with Gasteiger partial charge in [-0.3, -0.25) is 0 Å². The van der Waals surface area contributed by atoms with Crippen LogP contribution in [0.5, 0.6) is 0 Å². The molecule has 1 aliphatic rings. The Morgan fingerprint density at radius 3 is 2.54 bits per heavy atom. The van der Waals surface area contributed by atoms with Gasteiger partial charge in [0, 0.05) is 19.4 Å². The van der Waals surface area contributed by atoms with E-state index in [4.69, 9.17) is 4.74 Å². The summed E-state index contributed by atoms with van der Waals surface area (Å²) >= 11 is 0. The maximum Gasteiger partial charge on any atom is 0.0825 e. The summed E-state index contributed by atoms with van der Waals surface area (Å²) in [5.41, 5.74) is 1.56. The Hall–Kier alpha value is -0.900. The highest BCUT2D eigenvalue weighted by molar-refractivity contribution is 5.20. The van der Waals surface area contributed by atoms with E-state index in [0.717, 1.165) is 12.5 Å². The molecule has 26 heavy (non-hydrogen) atoms. The predicted molar refractivity (Wildman–Crippen MR) is 110 cm³/mol. The van der Waals surface area contributed by atoms with E-state index in [2.05, 4.69) is 63.3 Å². The third-order valence-corrected chi connectivity index (χ3v) is 6.15. The minimum absolute atomic E-state index is 0.0339. The molecule has 1 aromatic rings. The monoisotopic (exact) mass is 362 g/mol. The van der Waals surface area contributed by atoms with Crippen LogP contribution in [0.3, 0.4) is 0 Å². The van der Waals surface area contributed by atoms with Crippen LogP contribution in [0.2, 0.25) is 0 Å². The Labute approximate surface area is 161 Å². The van der Waals surface area contributed by atoms with E-state index in [1.54, 1.807) is 4.90 Å². The molecule has 0 saturated carbocycles. The zero-order valence-corrected chi connectivity index (χ0v) is 17.6. The van der Waals surface area contributed by atoms with Gasteiger partial charge in [-0.25, -0.2) is 0 Å². The topological polar surface area (TPSA) is 30.3 Å². The van der Waals surface area contributed by atoms with Gasteiger partial charge in [0.15, 0.2) is 0 Å². The van der Waals surface area contributed by atoms with Crippen molar-refractivity contribution in [3.05, 3.63) is 35.9 Å². The lowest BCUT2D eigenvalue weighted by atomic mass is 9.75. The summed E-state index contributed by atoms with van der Waals surface area (Å²) in [5, 5.41) is 2.54. The second-order valence-electron chi connectivity index (χ2n) is 8.59. The molecule has 3 heteroatoms. The van der Waals surface area contributed by atoms with E-state index in [1.807, 2.05) is 0 Å². The lowest BCUT2D eigenvalue weighted by Gasteiger charge is -2.39. The van der Waals surface area contributed by atoms with Crippen molar-refractivity contribution in [2.75, 3.05) is 39.3 Å². The Morgan fingerprint density at radius 1 is 1.15 bits per heavy atom. The lowest BCUT2D eigenvalue weighted by Crippen LogP contribution is -3.11. The molecule has 0 unspecified atom stereocenters. The van der Waals surface area contributed by atoms with E-state index in [1.165, 1.54) is 64.0 Å². The highest BCUT2D eigenvalue weighted by Gasteiger charge is 2.34. The molecule has 0 aliphatic carbocycles. The highest BCUT2D eigenvalue weighted by Crippen LogP contribution is 2.39. The molecule has 1 aromatic carbocycles. The summed E-state index contributed by atoms with van der Waals surface area (Å²) in [6.07, 6.45) is 4.99. The highest BCUT2D eigenvalue weighted by atomic mass is 16.5. The summed E-state index contributed by atoms with van der Waals surface area (Å²) in [7, 11) is 0. The molecular formula is C23H42N2O+2. The quantitative estimate of drug-likeness (QED) is 0.581. The zero-order valence-electron chi connectivity index (χ0n) is 17.6. The van der Waals surface area contributed by atoms with E-state index in [0.29, 0.717) is 5.92 Å². The van der Waals surface area contributed by atoms with Crippen LogP contribution < -0.4 is 10.2 Å². The maximum atomic E-state index is 5.97. The summed E-state index contributed by atoms with van der Waals surface area (Å²) in [5.74, 6) is 1.42. The van der Waals surface area contributed by atoms with Crippen LogP contribution in [0, 0.1) is 5.92 Å². The van der Waals surface area contributed by atoms with Crippen molar-refractivity contribution in [3.63, 3.8) is 0 Å². The molecule has 1 saturated heterocycles. The van der Waals surface area contributed by atoms with Gasteiger partial charge in [-0.2, -0.15) is 0 Å². The number of hydrogen-bond donors (Lipinski definition) is 2. The van der Waals surface area contributed by atoms with Gasteiger partial charge >= 0.3 is 0 Å². The fourth-order valence-electron chi connectivity index (χ4n) is 4.54. The van der Waals surface area contributed by atoms with E-state index in [9.17, 15) is 0 Å². The van der Waals surface area contributed by atoms with Gasteiger partial charge < -0.3 is 15.0 Å².